The molecule has 0 radical (unpaired) electrons. The van der Waals surface area contributed by atoms with Crippen molar-refractivity contribution < 1.29 is 22.3 Å². The fraction of sp³-hybridized carbons (Fsp3) is 0.393. The quantitative estimate of drug-likeness (QED) is 0.239. The predicted octanol–water partition coefficient (Wildman–Crippen LogP) is 3.77. The molecule has 0 unspecified atom stereocenters. The van der Waals surface area contributed by atoms with Gasteiger partial charge in [0.15, 0.2) is 5.82 Å². The number of nitrogens with zero attached hydrogens (tertiary/aromatic N) is 7. The van der Waals surface area contributed by atoms with Crippen LogP contribution in [0, 0.1) is 17.8 Å². The predicted molar refractivity (Wildman–Crippen MR) is 154 cm³/mol. The lowest BCUT2D eigenvalue weighted by Gasteiger charge is -2.26. The molecular weight excluding hydrogens is 580 g/mol. The van der Waals surface area contributed by atoms with E-state index in [2.05, 4.69) is 47.6 Å². The minimum atomic E-state index is -3.51. The lowest BCUT2D eigenvalue weighted by Crippen LogP contribution is -2.23. The lowest BCUT2D eigenvalue weighted by molar-refractivity contribution is 0.0566. The van der Waals surface area contributed by atoms with Gasteiger partial charge in [-0.05, 0) is 50.5 Å². The maximum Gasteiger partial charge on any atom is 0.333 e. The van der Waals surface area contributed by atoms with Gasteiger partial charge in [0.05, 0.1) is 52.3 Å². The highest BCUT2D eigenvalue weighted by Gasteiger charge is 2.37. The van der Waals surface area contributed by atoms with Crippen LogP contribution in [0.3, 0.4) is 0 Å². The van der Waals surface area contributed by atoms with E-state index in [1.54, 1.807) is 24.5 Å². The Morgan fingerprint density at radius 2 is 1.81 bits per heavy atom. The van der Waals surface area contributed by atoms with Gasteiger partial charge in [-0.3, -0.25) is 0 Å². The van der Waals surface area contributed by atoms with E-state index in [-0.39, 0.29) is 6.10 Å². The number of hydrogen-bond acceptors (Lipinski definition) is 10. The lowest BCUT2D eigenvalue weighted by atomic mass is 9.87. The SMILES string of the molecule is O=S(=O)(C1CC1)n1cc(-c2nccc(Nc3cc(NC[C@H]4CC[C@H](O)CC4)c(C#Cc4cnn(C(F)F)c4)cn3)n2)cn1. The Bertz CT molecular complexity index is 1770. The number of pyridine rings is 1. The number of aliphatic hydroxyl groups is 1. The minimum Gasteiger partial charge on any atom is -0.393 e. The molecule has 0 saturated heterocycles. The van der Waals surface area contributed by atoms with Gasteiger partial charge in [-0.2, -0.15) is 23.1 Å². The Hall–Kier alpha value is -4.42. The van der Waals surface area contributed by atoms with Crippen LogP contribution in [0.5, 0.6) is 0 Å². The summed E-state index contributed by atoms with van der Waals surface area (Å²) in [6, 6.07) is 3.44. The molecule has 0 amide bonds. The molecule has 2 aliphatic carbocycles. The average Bonchev–Trinajstić information content (AvgIpc) is 3.55. The van der Waals surface area contributed by atoms with E-state index in [1.807, 2.05) is 0 Å². The molecule has 12 nitrogen and oxygen atoms in total. The van der Waals surface area contributed by atoms with Gasteiger partial charge in [-0.1, -0.05) is 11.8 Å². The summed E-state index contributed by atoms with van der Waals surface area (Å²) in [6.07, 6.45) is 12.8. The Kier molecular flexibility index (Phi) is 8.04. The molecule has 4 heterocycles. The Morgan fingerprint density at radius 3 is 2.56 bits per heavy atom. The molecule has 0 aliphatic heterocycles. The van der Waals surface area contributed by atoms with Crippen molar-refractivity contribution in [2.24, 2.45) is 5.92 Å². The van der Waals surface area contributed by atoms with E-state index in [1.165, 1.54) is 24.8 Å². The largest absolute Gasteiger partial charge is 0.393 e. The summed E-state index contributed by atoms with van der Waals surface area (Å²) >= 11 is 0. The van der Waals surface area contributed by atoms with Crippen molar-refractivity contribution in [1.29, 1.82) is 0 Å². The van der Waals surface area contributed by atoms with Crippen molar-refractivity contribution in [2.75, 3.05) is 17.2 Å². The van der Waals surface area contributed by atoms with Crippen LogP contribution in [-0.2, 0) is 10.0 Å². The summed E-state index contributed by atoms with van der Waals surface area (Å²) < 4.78 is 52.3. The Labute approximate surface area is 246 Å². The van der Waals surface area contributed by atoms with Crippen LogP contribution in [0.15, 0.2) is 49.3 Å². The van der Waals surface area contributed by atoms with Gasteiger partial charge in [0.1, 0.15) is 11.6 Å². The second-order valence-electron chi connectivity index (χ2n) is 10.6. The van der Waals surface area contributed by atoms with Crippen LogP contribution in [-0.4, -0.2) is 65.3 Å². The van der Waals surface area contributed by atoms with Gasteiger partial charge in [0.25, 0.3) is 10.0 Å². The molecular formula is C28H29F2N9O3S. The smallest absolute Gasteiger partial charge is 0.333 e. The zero-order valence-corrected chi connectivity index (χ0v) is 23.8. The molecule has 15 heteroatoms. The molecule has 6 rings (SSSR count). The van der Waals surface area contributed by atoms with Crippen molar-refractivity contribution >= 4 is 27.3 Å². The van der Waals surface area contributed by atoms with Crippen LogP contribution in [0.4, 0.5) is 26.1 Å². The van der Waals surface area contributed by atoms with E-state index in [0.717, 1.165) is 29.8 Å². The van der Waals surface area contributed by atoms with Crippen LogP contribution < -0.4 is 10.6 Å². The highest BCUT2D eigenvalue weighted by molar-refractivity contribution is 7.90. The number of nitrogens with one attached hydrogen (secondary N) is 2. The number of aromatic nitrogens is 7. The molecule has 4 aromatic heterocycles. The van der Waals surface area contributed by atoms with E-state index in [9.17, 15) is 22.3 Å². The summed E-state index contributed by atoms with van der Waals surface area (Å²) in [7, 11) is -3.51. The van der Waals surface area contributed by atoms with E-state index in [0.29, 0.717) is 69.8 Å². The average molecular weight is 610 g/mol. The number of anilines is 3. The van der Waals surface area contributed by atoms with E-state index < -0.39 is 21.8 Å². The molecule has 2 aliphatic rings. The summed E-state index contributed by atoms with van der Waals surface area (Å²) in [5.41, 5.74) is 2.06. The molecule has 3 N–H and O–H groups in total. The third-order valence-corrected chi connectivity index (χ3v) is 9.42. The summed E-state index contributed by atoms with van der Waals surface area (Å²) in [6.45, 7) is -2.08. The topological polar surface area (TPSA) is 153 Å². The number of aliphatic hydroxyl groups excluding tert-OH is 1. The molecule has 43 heavy (non-hydrogen) atoms. The molecule has 2 saturated carbocycles. The van der Waals surface area contributed by atoms with Gasteiger partial charge in [0, 0.05) is 31.2 Å². The first-order chi connectivity index (χ1) is 20.7. The Morgan fingerprint density at radius 1 is 1.00 bits per heavy atom. The maximum atomic E-state index is 12.9. The molecule has 0 bridgehead atoms. The van der Waals surface area contributed by atoms with Gasteiger partial charge < -0.3 is 15.7 Å². The number of rotatable bonds is 9. The third kappa shape index (κ3) is 6.81. The summed E-state index contributed by atoms with van der Waals surface area (Å²) in [5.74, 6) is 7.44. The van der Waals surface area contributed by atoms with Crippen molar-refractivity contribution in [3.05, 3.63) is 60.4 Å². The zero-order valence-electron chi connectivity index (χ0n) is 22.9. The molecule has 2 fully saturated rings. The van der Waals surface area contributed by atoms with Crippen molar-refractivity contribution in [3.8, 4) is 23.2 Å². The second kappa shape index (κ2) is 12.1. The highest BCUT2D eigenvalue weighted by atomic mass is 32.2. The van der Waals surface area contributed by atoms with E-state index in [4.69, 9.17) is 0 Å². The number of alkyl halides is 2. The first kappa shape index (κ1) is 28.7. The zero-order chi connectivity index (χ0) is 30.0. The molecule has 4 aromatic rings. The first-order valence-corrected chi connectivity index (χ1v) is 15.4. The normalized spacial score (nSPS) is 18.7. The standard InChI is InChI=1S/C28H29F2N9O3S/c29-28(30)38-16-19(13-34-38)1-4-20-14-33-26(11-24(20)32-12-18-2-5-22(40)6-3-18)36-25-9-10-31-27(37-25)21-15-35-39(17-21)43(41,42)23-7-8-23/h9-11,13-18,22-23,28,40H,2-3,5-8,12H2,(H2,31,32,33,36,37)/t18-,22-. The second-order valence-corrected chi connectivity index (χ2v) is 12.7. The molecule has 0 atom stereocenters. The first-order valence-electron chi connectivity index (χ1n) is 13.9. The van der Waals surface area contributed by atoms with E-state index >= 15 is 0 Å². The third-order valence-electron chi connectivity index (χ3n) is 7.38. The van der Waals surface area contributed by atoms with Gasteiger partial charge in [-0.15, -0.1) is 0 Å². The summed E-state index contributed by atoms with van der Waals surface area (Å²) in [5, 5.41) is 23.7. The van der Waals surface area contributed by atoms with Crippen molar-refractivity contribution in [2.45, 2.75) is 56.4 Å². The van der Waals surface area contributed by atoms with Crippen molar-refractivity contribution in [3.63, 3.8) is 0 Å². The Balaban J connectivity index is 1.22. The van der Waals surface area contributed by atoms with Crippen LogP contribution in [0.25, 0.3) is 11.4 Å². The number of halogens is 2. The van der Waals surface area contributed by atoms with Crippen molar-refractivity contribution in [1.82, 2.24) is 33.9 Å². The highest BCUT2D eigenvalue weighted by Crippen LogP contribution is 2.31. The molecule has 0 aromatic carbocycles. The molecule has 0 spiro atoms. The fourth-order valence-corrected chi connectivity index (χ4v) is 6.27. The fourth-order valence-electron chi connectivity index (χ4n) is 4.80. The summed E-state index contributed by atoms with van der Waals surface area (Å²) in [4.78, 5) is 13.2. The van der Waals surface area contributed by atoms with Crippen LogP contribution >= 0.6 is 0 Å². The van der Waals surface area contributed by atoms with Gasteiger partial charge >= 0.3 is 6.55 Å². The molecule has 224 valence electrons. The number of hydrogen-bond donors (Lipinski definition) is 3. The van der Waals surface area contributed by atoms with Gasteiger partial charge in [-0.25, -0.2) is 28.1 Å². The van der Waals surface area contributed by atoms with Crippen LogP contribution in [0.1, 0.15) is 56.2 Å². The van der Waals surface area contributed by atoms with Crippen LogP contribution in [0.2, 0.25) is 0 Å². The monoisotopic (exact) mass is 609 g/mol. The van der Waals surface area contributed by atoms with Gasteiger partial charge in [0.2, 0.25) is 0 Å². The maximum absolute atomic E-state index is 12.9. The minimum absolute atomic E-state index is 0.252.